The first kappa shape index (κ1) is 23.1. The fourth-order valence-corrected chi connectivity index (χ4v) is 3.64. The van der Waals surface area contributed by atoms with Crippen LogP contribution in [-0.4, -0.2) is 65.8 Å². The number of carboxylic acids is 1. The van der Waals surface area contributed by atoms with E-state index in [-0.39, 0.29) is 27.0 Å². The minimum absolute atomic E-state index is 0.0471. The van der Waals surface area contributed by atoms with Crippen molar-refractivity contribution in [3.05, 3.63) is 39.9 Å². The van der Waals surface area contributed by atoms with Gasteiger partial charge >= 0.3 is 12.0 Å². The van der Waals surface area contributed by atoms with Crippen molar-refractivity contribution in [2.24, 2.45) is 0 Å². The van der Waals surface area contributed by atoms with Gasteiger partial charge in [0.05, 0.1) is 18.2 Å². The zero-order valence-electron chi connectivity index (χ0n) is 16.1. The van der Waals surface area contributed by atoms with Gasteiger partial charge in [0.25, 0.3) is 0 Å². The predicted molar refractivity (Wildman–Crippen MR) is 109 cm³/mol. The Kier molecular flexibility index (Phi) is 7.96. The van der Waals surface area contributed by atoms with E-state index < -0.39 is 30.2 Å². The molecule has 2 heterocycles. The fourth-order valence-electron chi connectivity index (χ4n) is 2.77. The van der Waals surface area contributed by atoms with Gasteiger partial charge < -0.3 is 19.9 Å². The molecule has 1 aliphatic heterocycles. The Morgan fingerprint density at radius 1 is 1.29 bits per heavy atom. The highest BCUT2D eigenvalue weighted by Gasteiger charge is 2.24. The molecule has 31 heavy (non-hydrogen) atoms. The normalized spacial score (nSPS) is 14.3. The van der Waals surface area contributed by atoms with Crippen molar-refractivity contribution < 1.29 is 33.0 Å². The molecule has 3 N–H and O–H groups in total. The second kappa shape index (κ2) is 10.7. The number of carbonyl (C=O) groups excluding carboxylic acids is 1. The van der Waals surface area contributed by atoms with E-state index >= 15 is 0 Å². The average molecular weight is 477 g/mol. The number of aromatic nitrogens is 1. The molecule has 13 heteroatoms. The van der Waals surface area contributed by atoms with E-state index in [0.29, 0.717) is 37.8 Å². The Hall–Kier alpha value is -2.54. The van der Waals surface area contributed by atoms with Crippen molar-refractivity contribution in [2.75, 3.05) is 44.7 Å². The lowest BCUT2D eigenvalue weighted by Crippen LogP contribution is -2.42. The van der Waals surface area contributed by atoms with Gasteiger partial charge in [0, 0.05) is 31.7 Å². The lowest BCUT2D eigenvalue weighted by Gasteiger charge is -2.26. The molecule has 0 unspecified atom stereocenters. The quantitative estimate of drug-likeness (QED) is 0.502. The number of rotatable bonds is 8. The van der Waals surface area contributed by atoms with Crippen LogP contribution in [0.5, 0.6) is 5.88 Å². The number of carboxylic acid groups (broad SMARTS) is 1. The molecule has 1 aliphatic rings. The molecule has 0 saturated carbocycles. The van der Waals surface area contributed by atoms with Crippen LogP contribution in [0.1, 0.15) is 15.9 Å². The van der Waals surface area contributed by atoms with Crippen LogP contribution in [0.15, 0.2) is 12.1 Å². The Balaban J connectivity index is 1.58. The van der Waals surface area contributed by atoms with Crippen LogP contribution >= 0.6 is 23.1 Å². The third-order valence-electron chi connectivity index (χ3n) is 4.37. The van der Waals surface area contributed by atoms with Crippen molar-refractivity contribution in [3.63, 3.8) is 0 Å². The van der Waals surface area contributed by atoms with E-state index in [2.05, 4.69) is 19.9 Å². The summed E-state index contributed by atoms with van der Waals surface area (Å²) < 4.78 is 41.8. The van der Waals surface area contributed by atoms with Crippen LogP contribution in [-0.2, 0) is 11.3 Å². The van der Waals surface area contributed by atoms with Crippen LogP contribution in [0.3, 0.4) is 0 Å². The van der Waals surface area contributed by atoms with Gasteiger partial charge in [0.2, 0.25) is 5.88 Å². The molecule has 0 spiro atoms. The number of morpholine rings is 1. The number of halogens is 3. The monoisotopic (exact) mass is 476 g/mol. The zero-order valence-corrected chi connectivity index (χ0v) is 17.7. The first-order valence-electron chi connectivity index (χ1n) is 9.19. The minimum Gasteiger partial charge on any atom is -0.477 e. The number of urea groups is 1. The fraction of sp³-hybridized carbons (Fsp3) is 0.389. The molecule has 1 saturated heterocycles. The summed E-state index contributed by atoms with van der Waals surface area (Å²) >= 11 is 6.20. The van der Waals surface area contributed by atoms with Crippen molar-refractivity contribution >= 4 is 40.1 Å². The third-order valence-corrected chi connectivity index (χ3v) is 5.41. The number of hydrogen-bond acceptors (Lipinski definition) is 7. The summed E-state index contributed by atoms with van der Waals surface area (Å²) in [7, 11) is 0. The van der Waals surface area contributed by atoms with Gasteiger partial charge in [-0.15, -0.1) is 0 Å². The number of nitrogens with zero attached hydrogens (tertiary/aromatic N) is 2. The summed E-state index contributed by atoms with van der Waals surface area (Å²) in [4.78, 5) is 25.9. The highest BCUT2D eigenvalue weighted by Crippen LogP contribution is 2.31. The maximum absolute atomic E-state index is 13.9. The zero-order chi connectivity index (χ0) is 22.4. The number of benzene rings is 1. The molecule has 0 radical (unpaired) electrons. The van der Waals surface area contributed by atoms with Gasteiger partial charge in [0.1, 0.15) is 23.2 Å². The molecule has 3 rings (SSSR count). The van der Waals surface area contributed by atoms with Gasteiger partial charge in [-0.3, -0.25) is 10.2 Å². The molecule has 0 bridgehead atoms. The minimum atomic E-state index is -1.39. The number of aromatic carboxylic acids is 1. The second-order valence-corrected chi connectivity index (χ2v) is 7.66. The molecule has 0 atom stereocenters. The summed E-state index contributed by atoms with van der Waals surface area (Å²) in [6, 6.07) is 1.05. The van der Waals surface area contributed by atoms with Gasteiger partial charge in [-0.05, 0) is 23.7 Å². The topological polar surface area (TPSA) is 113 Å². The van der Waals surface area contributed by atoms with Crippen molar-refractivity contribution in [1.82, 2.24) is 14.6 Å². The number of hydrogen-bond donors (Lipinski definition) is 3. The smallest absolute Gasteiger partial charge is 0.344 e. The molecule has 1 aromatic carbocycles. The van der Waals surface area contributed by atoms with Gasteiger partial charge in [0.15, 0.2) is 5.56 Å². The number of nitrogens with one attached hydrogen (secondary N) is 2. The molecule has 1 aromatic heterocycles. The lowest BCUT2D eigenvalue weighted by molar-refractivity contribution is 0.0388. The first-order chi connectivity index (χ1) is 14.8. The number of ether oxygens (including phenoxy) is 2. The Morgan fingerprint density at radius 3 is 2.74 bits per heavy atom. The van der Waals surface area contributed by atoms with Crippen LogP contribution in [0, 0.1) is 11.6 Å². The highest BCUT2D eigenvalue weighted by molar-refractivity contribution is 7.11. The maximum Gasteiger partial charge on any atom is 0.344 e. The Labute approximate surface area is 185 Å². The molecule has 2 aromatic rings. The third kappa shape index (κ3) is 6.23. The SMILES string of the molecule is O=C(NCCN1CCOCC1)Nc1snc(OCc2cc(F)c(Cl)cc2F)c1C(=O)O. The van der Waals surface area contributed by atoms with Gasteiger partial charge in [-0.1, -0.05) is 11.6 Å². The van der Waals surface area contributed by atoms with Crippen LogP contribution in [0.2, 0.25) is 5.02 Å². The summed E-state index contributed by atoms with van der Waals surface area (Å²) in [6.45, 7) is 3.35. The number of amides is 2. The van der Waals surface area contributed by atoms with E-state index in [9.17, 15) is 23.5 Å². The number of anilines is 1. The van der Waals surface area contributed by atoms with E-state index in [1.165, 1.54) is 0 Å². The largest absolute Gasteiger partial charge is 0.477 e. The number of carbonyl (C=O) groups is 2. The predicted octanol–water partition coefficient (Wildman–Crippen LogP) is 2.81. The van der Waals surface area contributed by atoms with E-state index in [4.69, 9.17) is 21.1 Å². The summed E-state index contributed by atoms with van der Waals surface area (Å²) in [6.07, 6.45) is 0. The second-order valence-electron chi connectivity index (χ2n) is 6.48. The average Bonchev–Trinajstić information content (AvgIpc) is 3.13. The van der Waals surface area contributed by atoms with Crippen LogP contribution < -0.4 is 15.4 Å². The lowest BCUT2D eigenvalue weighted by atomic mass is 10.2. The standard InChI is InChI=1S/C18H19ClF2N4O5S/c19-11-8-12(20)10(7-13(11)21)9-30-15-14(17(26)27)16(31-24-15)23-18(28)22-1-2-25-3-5-29-6-4-25/h7-8H,1-6,9H2,(H,26,27)(H2,22,23,28). The molecule has 9 nitrogen and oxygen atoms in total. The van der Waals surface area contributed by atoms with E-state index in [1.54, 1.807) is 0 Å². The van der Waals surface area contributed by atoms with Gasteiger partial charge in [-0.2, -0.15) is 4.37 Å². The van der Waals surface area contributed by atoms with Crippen molar-refractivity contribution in [1.29, 1.82) is 0 Å². The molecule has 2 amide bonds. The van der Waals surface area contributed by atoms with Crippen molar-refractivity contribution in [3.8, 4) is 5.88 Å². The molecule has 168 valence electrons. The highest BCUT2D eigenvalue weighted by atomic mass is 35.5. The van der Waals surface area contributed by atoms with E-state index in [1.807, 2.05) is 0 Å². The van der Waals surface area contributed by atoms with Gasteiger partial charge in [-0.25, -0.2) is 18.4 Å². The summed E-state index contributed by atoms with van der Waals surface area (Å²) in [5.41, 5.74) is -0.551. The molecular formula is C18H19ClF2N4O5S. The van der Waals surface area contributed by atoms with Crippen molar-refractivity contribution in [2.45, 2.75) is 6.61 Å². The summed E-state index contributed by atoms with van der Waals surface area (Å²) in [5, 5.41) is 14.1. The molecule has 0 aliphatic carbocycles. The van der Waals surface area contributed by atoms with Crippen LogP contribution in [0.25, 0.3) is 0 Å². The molecule has 1 fully saturated rings. The van der Waals surface area contributed by atoms with Crippen LogP contribution in [0.4, 0.5) is 18.6 Å². The maximum atomic E-state index is 13.9. The summed E-state index contributed by atoms with van der Waals surface area (Å²) in [5.74, 6) is -3.36. The first-order valence-corrected chi connectivity index (χ1v) is 10.3. The Morgan fingerprint density at radius 2 is 2.03 bits per heavy atom. The Bertz CT molecular complexity index is 955. The molecular weight excluding hydrogens is 458 g/mol. The van der Waals surface area contributed by atoms with E-state index in [0.717, 1.165) is 25.2 Å².